The molecular weight excluding hydrogens is 511 g/mol. The first-order chi connectivity index (χ1) is 15.2. The number of hydrogen-bond donors (Lipinski definition) is 2. The summed E-state index contributed by atoms with van der Waals surface area (Å²) >= 11 is 0. The van der Waals surface area contributed by atoms with Gasteiger partial charge < -0.3 is 20.4 Å². The maximum atomic E-state index is 4.47. The number of rotatable bonds is 5. The molecule has 7 heteroatoms. The second-order valence-electron chi connectivity index (χ2n) is 8.86. The van der Waals surface area contributed by atoms with Gasteiger partial charge in [-0.2, -0.15) is 0 Å². The molecule has 0 bridgehead atoms. The number of aromatic nitrogens is 1. The second-order valence-corrected chi connectivity index (χ2v) is 8.86. The first-order valence-electron chi connectivity index (χ1n) is 11.7. The van der Waals surface area contributed by atoms with Crippen LogP contribution in [-0.4, -0.2) is 50.2 Å². The highest BCUT2D eigenvalue weighted by molar-refractivity contribution is 14.0. The van der Waals surface area contributed by atoms with E-state index in [1.165, 1.54) is 37.2 Å². The number of nitrogens with zero attached hydrogens (tertiary/aromatic N) is 4. The van der Waals surface area contributed by atoms with Crippen LogP contribution in [0.2, 0.25) is 0 Å². The number of hydrogen-bond acceptors (Lipinski definition) is 4. The highest BCUT2D eigenvalue weighted by Gasteiger charge is 2.21. The summed E-state index contributed by atoms with van der Waals surface area (Å²) in [5, 5.41) is 7.08. The van der Waals surface area contributed by atoms with Gasteiger partial charge in [0.15, 0.2) is 5.96 Å². The molecule has 0 saturated carbocycles. The van der Waals surface area contributed by atoms with Crippen molar-refractivity contribution >= 4 is 41.4 Å². The van der Waals surface area contributed by atoms with Crippen molar-refractivity contribution in [1.29, 1.82) is 0 Å². The van der Waals surface area contributed by atoms with Crippen LogP contribution in [0, 0.1) is 5.92 Å². The molecule has 32 heavy (non-hydrogen) atoms. The number of anilines is 2. The molecule has 2 fully saturated rings. The van der Waals surface area contributed by atoms with E-state index in [-0.39, 0.29) is 24.0 Å². The third kappa shape index (κ3) is 6.73. The number of nitrogens with one attached hydrogen (secondary N) is 2. The molecule has 0 amide bonds. The van der Waals surface area contributed by atoms with Crippen LogP contribution in [0.3, 0.4) is 0 Å². The van der Waals surface area contributed by atoms with Crippen LogP contribution in [-0.2, 0) is 6.54 Å². The lowest BCUT2D eigenvalue weighted by atomic mass is 9.99. The minimum Gasteiger partial charge on any atom is -0.372 e. The number of piperidine rings is 2. The lowest BCUT2D eigenvalue weighted by Crippen LogP contribution is -2.48. The maximum absolute atomic E-state index is 4.47. The predicted molar refractivity (Wildman–Crippen MR) is 145 cm³/mol. The smallest absolute Gasteiger partial charge is 0.191 e. The standard InChI is InChI=1S/C25H36N6.HI/c1-20-10-15-30(16-11-20)23-8-6-21(7-9-23)19-28-25(26-2)29-22-12-17-31(18-13-22)24-5-3-4-14-27-24;/h3-9,14,20,22H,10-13,15-19H2,1-2H3,(H2,26,28,29);1H. The molecule has 2 aromatic rings. The number of guanidine groups is 1. The molecule has 2 N–H and O–H groups in total. The minimum absolute atomic E-state index is 0. The topological polar surface area (TPSA) is 55.8 Å². The van der Waals surface area contributed by atoms with E-state index in [0.29, 0.717) is 6.04 Å². The van der Waals surface area contributed by atoms with Gasteiger partial charge in [0.05, 0.1) is 0 Å². The summed E-state index contributed by atoms with van der Waals surface area (Å²) < 4.78 is 0. The van der Waals surface area contributed by atoms with Gasteiger partial charge in [0.2, 0.25) is 0 Å². The Kier molecular flexibility index (Phi) is 9.44. The first kappa shape index (κ1) is 24.6. The van der Waals surface area contributed by atoms with Gasteiger partial charge >= 0.3 is 0 Å². The lowest BCUT2D eigenvalue weighted by Gasteiger charge is -2.33. The zero-order valence-electron chi connectivity index (χ0n) is 19.3. The molecule has 0 atom stereocenters. The third-order valence-corrected chi connectivity index (χ3v) is 6.58. The predicted octanol–water partition coefficient (Wildman–Crippen LogP) is 4.27. The Bertz CT molecular complexity index is 825. The maximum Gasteiger partial charge on any atom is 0.191 e. The molecule has 0 unspecified atom stereocenters. The first-order valence-corrected chi connectivity index (χ1v) is 11.7. The molecule has 2 aliphatic rings. The summed E-state index contributed by atoms with van der Waals surface area (Å²) in [6, 6.07) is 15.5. The number of aliphatic imine (C=N–C) groups is 1. The normalized spacial score (nSPS) is 18.2. The fourth-order valence-electron chi connectivity index (χ4n) is 4.46. The van der Waals surface area contributed by atoms with Crippen LogP contribution < -0.4 is 20.4 Å². The highest BCUT2D eigenvalue weighted by Crippen LogP contribution is 2.23. The number of benzene rings is 1. The molecule has 0 aliphatic carbocycles. The molecule has 2 aliphatic heterocycles. The van der Waals surface area contributed by atoms with E-state index in [2.05, 4.69) is 73.7 Å². The average molecular weight is 549 g/mol. The van der Waals surface area contributed by atoms with E-state index >= 15 is 0 Å². The molecule has 0 radical (unpaired) electrons. The fourth-order valence-corrected chi connectivity index (χ4v) is 4.46. The Morgan fingerprint density at radius 3 is 2.28 bits per heavy atom. The van der Waals surface area contributed by atoms with Crippen molar-refractivity contribution in [3.05, 3.63) is 54.2 Å². The van der Waals surface area contributed by atoms with E-state index < -0.39 is 0 Å². The summed E-state index contributed by atoms with van der Waals surface area (Å²) in [4.78, 5) is 13.8. The molecule has 174 valence electrons. The molecule has 3 heterocycles. The zero-order chi connectivity index (χ0) is 21.5. The average Bonchev–Trinajstić information content (AvgIpc) is 2.83. The van der Waals surface area contributed by atoms with Crippen LogP contribution in [0.15, 0.2) is 53.7 Å². The van der Waals surface area contributed by atoms with Gasteiger partial charge in [-0.3, -0.25) is 4.99 Å². The van der Waals surface area contributed by atoms with E-state index in [0.717, 1.165) is 50.2 Å². The highest BCUT2D eigenvalue weighted by atomic mass is 127. The summed E-state index contributed by atoms with van der Waals surface area (Å²) in [7, 11) is 1.85. The van der Waals surface area contributed by atoms with Crippen LogP contribution in [0.5, 0.6) is 0 Å². The summed E-state index contributed by atoms with van der Waals surface area (Å²) in [5.74, 6) is 2.82. The van der Waals surface area contributed by atoms with Gasteiger partial charge in [-0.25, -0.2) is 4.98 Å². The third-order valence-electron chi connectivity index (χ3n) is 6.58. The fraction of sp³-hybridized carbons (Fsp3) is 0.520. The van der Waals surface area contributed by atoms with Crippen LogP contribution in [0.4, 0.5) is 11.5 Å². The van der Waals surface area contributed by atoms with Gasteiger partial charge in [-0.05, 0) is 61.4 Å². The Balaban J connectivity index is 0.00000289. The van der Waals surface area contributed by atoms with Crippen molar-refractivity contribution < 1.29 is 0 Å². The van der Waals surface area contributed by atoms with Crippen molar-refractivity contribution in [2.75, 3.05) is 43.0 Å². The molecule has 1 aromatic carbocycles. The van der Waals surface area contributed by atoms with Crippen LogP contribution >= 0.6 is 24.0 Å². The molecule has 2 saturated heterocycles. The Morgan fingerprint density at radius 1 is 0.969 bits per heavy atom. The van der Waals surface area contributed by atoms with Gasteiger partial charge in [0.25, 0.3) is 0 Å². The van der Waals surface area contributed by atoms with Crippen molar-refractivity contribution in [1.82, 2.24) is 15.6 Å². The second kappa shape index (κ2) is 12.3. The van der Waals surface area contributed by atoms with E-state index in [9.17, 15) is 0 Å². The largest absolute Gasteiger partial charge is 0.372 e. The minimum atomic E-state index is 0. The number of pyridine rings is 1. The van der Waals surface area contributed by atoms with Crippen molar-refractivity contribution in [2.45, 2.75) is 45.2 Å². The molecule has 0 spiro atoms. The Morgan fingerprint density at radius 2 is 1.66 bits per heavy atom. The van der Waals surface area contributed by atoms with E-state index in [1.54, 1.807) is 0 Å². The quantitative estimate of drug-likeness (QED) is 0.332. The molecule has 6 nitrogen and oxygen atoms in total. The van der Waals surface area contributed by atoms with Gasteiger partial charge in [-0.15, -0.1) is 24.0 Å². The SMILES string of the molecule is CN=C(NCc1ccc(N2CCC(C)CC2)cc1)NC1CCN(c2ccccn2)CC1.I. The van der Waals surface area contributed by atoms with Crippen molar-refractivity contribution in [2.24, 2.45) is 10.9 Å². The van der Waals surface area contributed by atoms with Gasteiger partial charge in [0.1, 0.15) is 5.82 Å². The summed E-state index contributed by atoms with van der Waals surface area (Å²) in [6.07, 6.45) is 6.63. The summed E-state index contributed by atoms with van der Waals surface area (Å²) in [5.41, 5.74) is 2.62. The van der Waals surface area contributed by atoms with Gasteiger partial charge in [-0.1, -0.05) is 25.1 Å². The monoisotopic (exact) mass is 548 g/mol. The van der Waals surface area contributed by atoms with Gasteiger partial charge in [0, 0.05) is 57.7 Å². The molecular formula is C25H37IN6. The molecule has 1 aromatic heterocycles. The van der Waals surface area contributed by atoms with E-state index in [1.807, 2.05) is 19.3 Å². The summed E-state index contributed by atoms with van der Waals surface area (Å²) in [6.45, 7) is 7.52. The van der Waals surface area contributed by atoms with E-state index in [4.69, 9.17) is 0 Å². The molecule has 4 rings (SSSR count). The lowest BCUT2D eigenvalue weighted by molar-refractivity contribution is 0.438. The van der Waals surface area contributed by atoms with Crippen molar-refractivity contribution in [3.63, 3.8) is 0 Å². The van der Waals surface area contributed by atoms with Crippen LogP contribution in [0.25, 0.3) is 0 Å². The Labute approximate surface area is 209 Å². The Hall–Kier alpha value is -2.03. The number of halogens is 1. The zero-order valence-corrected chi connectivity index (χ0v) is 21.7. The van der Waals surface area contributed by atoms with Crippen molar-refractivity contribution in [3.8, 4) is 0 Å². The van der Waals surface area contributed by atoms with Crippen LogP contribution in [0.1, 0.15) is 38.2 Å².